The van der Waals surface area contributed by atoms with Crippen LogP contribution in [-0.4, -0.2) is 29.3 Å². The van der Waals surface area contributed by atoms with Crippen LogP contribution in [0.25, 0.3) is 0 Å². The highest BCUT2D eigenvalue weighted by molar-refractivity contribution is 6.30. The molecule has 3 rings (SSSR count). The van der Waals surface area contributed by atoms with Gasteiger partial charge in [0.05, 0.1) is 0 Å². The van der Waals surface area contributed by atoms with Crippen LogP contribution in [0.3, 0.4) is 0 Å². The van der Waals surface area contributed by atoms with Crippen LogP contribution in [0.5, 0.6) is 0 Å². The van der Waals surface area contributed by atoms with E-state index in [-0.39, 0.29) is 24.2 Å². The standard InChI is InChI=1S/C29H33ClN2O2/c1-3-4-19-31-29(34)22(2)32(21-23-15-17-26(30)18-16-23)28(33)20-27(24-11-7-5-8-12-24)25-13-9-6-10-14-25/h5-18,22,27H,3-4,19-21H2,1-2H3,(H,31,34). The quantitative estimate of drug-likeness (QED) is 0.335. The number of nitrogens with one attached hydrogen (secondary N) is 1. The predicted molar refractivity (Wildman–Crippen MR) is 139 cm³/mol. The van der Waals surface area contributed by atoms with Crippen molar-refractivity contribution in [1.82, 2.24) is 10.2 Å². The summed E-state index contributed by atoms with van der Waals surface area (Å²) in [5.41, 5.74) is 3.09. The lowest BCUT2D eigenvalue weighted by atomic mass is 9.88. The third-order valence-electron chi connectivity index (χ3n) is 6.05. The van der Waals surface area contributed by atoms with Gasteiger partial charge >= 0.3 is 0 Å². The molecule has 0 aliphatic carbocycles. The molecule has 0 saturated carbocycles. The summed E-state index contributed by atoms with van der Waals surface area (Å²) in [7, 11) is 0. The molecule has 0 aliphatic heterocycles. The second-order valence-corrected chi connectivity index (χ2v) is 8.98. The minimum atomic E-state index is -0.591. The summed E-state index contributed by atoms with van der Waals surface area (Å²) in [4.78, 5) is 28.4. The number of hydrogen-bond acceptors (Lipinski definition) is 2. The average Bonchev–Trinajstić information content (AvgIpc) is 2.87. The molecule has 178 valence electrons. The van der Waals surface area contributed by atoms with E-state index in [9.17, 15) is 9.59 Å². The third kappa shape index (κ3) is 7.19. The van der Waals surface area contributed by atoms with Crippen molar-refractivity contribution in [2.45, 2.75) is 51.6 Å². The molecule has 2 amide bonds. The van der Waals surface area contributed by atoms with E-state index in [2.05, 4.69) is 36.5 Å². The van der Waals surface area contributed by atoms with Gasteiger partial charge in [-0.15, -0.1) is 0 Å². The van der Waals surface area contributed by atoms with Crippen LogP contribution in [0.4, 0.5) is 0 Å². The molecule has 0 fully saturated rings. The van der Waals surface area contributed by atoms with Crippen LogP contribution in [0.1, 0.15) is 55.7 Å². The van der Waals surface area contributed by atoms with E-state index in [0.29, 0.717) is 18.1 Å². The molecule has 3 aromatic rings. The molecule has 34 heavy (non-hydrogen) atoms. The maximum Gasteiger partial charge on any atom is 0.242 e. The van der Waals surface area contributed by atoms with Gasteiger partial charge in [0.25, 0.3) is 0 Å². The summed E-state index contributed by atoms with van der Waals surface area (Å²) in [5.74, 6) is -0.296. The van der Waals surface area contributed by atoms with E-state index in [1.807, 2.05) is 60.7 Å². The number of halogens is 1. The van der Waals surface area contributed by atoms with Crippen molar-refractivity contribution in [1.29, 1.82) is 0 Å². The molecule has 0 aromatic heterocycles. The molecule has 4 nitrogen and oxygen atoms in total. The Bertz CT molecular complexity index is 999. The summed E-state index contributed by atoms with van der Waals surface area (Å²) in [6.07, 6.45) is 2.18. The highest BCUT2D eigenvalue weighted by Crippen LogP contribution is 2.29. The summed E-state index contributed by atoms with van der Waals surface area (Å²) in [6, 6.07) is 26.9. The number of rotatable bonds is 11. The third-order valence-corrected chi connectivity index (χ3v) is 6.30. The molecule has 1 N–H and O–H groups in total. The number of carbonyl (C=O) groups is 2. The molecule has 0 heterocycles. The van der Waals surface area contributed by atoms with Gasteiger partial charge in [0.15, 0.2) is 0 Å². The zero-order valence-corrected chi connectivity index (χ0v) is 20.7. The Morgan fingerprint density at radius 1 is 0.882 bits per heavy atom. The molecule has 0 saturated heterocycles. The fraction of sp³-hybridized carbons (Fsp3) is 0.310. The van der Waals surface area contributed by atoms with Crippen LogP contribution < -0.4 is 5.32 Å². The number of carbonyl (C=O) groups excluding carboxylic acids is 2. The molecule has 0 bridgehead atoms. The summed E-state index contributed by atoms with van der Waals surface area (Å²) in [5, 5.41) is 3.62. The van der Waals surface area contributed by atoms with Gasteiger partial charge in [-0.3, -0.25) is 9.59 Å². The first kappa shape index (κ1) is 25.5. The molecule has 0 radical (unpaired) electrons. The fourth-order valence-corrected chi connectivity index (χ4v) is 4.12. The van der Waals surface area contributed by atoms with E-state index in [0.717, 1.165) is 29.5 Å². The number of amides is 2. The predicted octanol–water partition coefficient (Wildman–Crippen LogP) is 6.20. The molecule has 3 aromatic carbocycles. The van der Waals surface area contributed by atoms with Crippen molar-refractivity contribution >= 4 is 23.4 Å². The Labute approximate surface area is 207 Å². The van der Waals surface area contributed by atoms with Crippen molar-refractivity contribution in [3.8, 4) is 0 Å². The Hall–Kier alpha value is -3.11. The van der Waals surface area contributed by atoms with Crippen LogP contribution >= 0.6 is 11.6 Å². The molecular weight excluding hydrogens is 444 g/mol. The van der Waals surface area contributed by atoms with Crippen LogP contribution in [-0.2, 0) is 16.1 Å². The fourth-order valence-electron chi connectivity index (χ4n) is 4.00. The zero-order valence-electron chi connectivity index (χ0n) is 19.9. The molecule has 5 heteroatoms. The Balaban J connectivity index is 1.87. The van der Waals surface area contributed by atoms with Crippen LogP contribution in [0.15, 0.2) is 84.9 Å². The second kappa shape index (κ2) is 13.0. The van der Waals surface area contributed by atoms with Crippen LogP contribution in [0, 0.1) is 0 Å². The lowest BCUT2D eigenvalue weighted by Gasteiger charge is -2.30. The minimum absolute atomic E-state index is 0.0641. The smallest absolute Gasteiger partial charge is 0.242 e. The van der Waals surface area contributed by atoms with Crippen molar-refractivity contribution in [2.24, 2.45) is 0 Å². The molecule has 1 atom stereocenters. The Morgan fingerprint density at radius 2 is 1.44 bits per heavy atom. The van der Waals surface area contributed by atoms with E-state index in [4.69, 9.17) is 11.6 Å². The summed E-state index contributed by atoms with van der Waals surface area (Å²) >= 11 is 6.05. The summed E-state index contributed by atoms with van der Waals surface area (Å²) < 4.78 is 0. The van der Waals surface area contributed by atoms with Gasteiger partial charge in [-0.25, -0.2) is 0 Å². The van der Waals surface area contributed by atoms with Gasteiger partial charge in [-0.1, -0.05) is 97.7 Å². The first-order valence-electron chi connectivity index (χ1n) is 11.9. The summed E-state index contributed by atoms with van der Waals surface area (Å²) in [6.45, 7) is 4.84. The monoisotopic (exact) mass is 476 g/mol. The van der Waals surface area contributed by atoms with Gasteiger partial charge in [-0.2, -0.15) is 0 Å². The first-order chi connectivity index (χ1) is 16.5. The van der Waals surface area contributed by atoms with E-state index in [1.165, 1.54) is 0 Å². The number of unbranched alkanes of at least 4 members (excludes halogenated alkanes) is 1. The van der Waals surface area contributed by atoms with Crippen molar-refractivity contribution in [3.05, 3.63) is 107 Å². The van der Waals surface area contributed by atoms with E-state index in [1.54, 1.807) is 11.8 Å². The highest BCUT2D eigenvalue weighted by Gasteiger charge is 2.28. The first-order valence-corrected chi connectivity index (χ1v) is 12.3. The van der Waals surface area contributed by atoms with Gasteiger partial charge in [0.1, 0.15) is 6.04 Å². The van der Waals surface area contributed by atoms with E-state index >= 15 is 0 Å². The lowest BCUT2D eigenvalue weighted by Crippen LogP contribution is -2.48. The highest BCUT2D eigenvalue weighted by atomic mass is 35.5. The molecule has 0 aliphatic rings. The number of hydrogen-bond donors (Lipinski definition) is 1. The lowest BCUT2D eigenvalue weighted by molar-refractivity contribution is -0.140. The number of nitrogens with zero attached hydrogens (tertiary/aromatic N) is 1. The van der Waals surface area contributed by atoms with Gasteiger partial charge in [-0.05, 0) is 42.2 Å². The Kier molecular flexibility index (Phi) is 9.72. The van der Waals surface area contributed by atoms with Crippen molar-refractivity contribution < 1.29 is 9.59 Å². The molecule has 1 unspecified atom stereocenters. The van der Waals surface area contributed by atoms with Gasteiger partial charge < -0.3 is 10.2 Å². The topological polar surface area (TPSA) is 49.4 Å². The SMILES string of the molecule is CCCCNC(=O)C(C)N(Cc1ccc(Cl)cc1)C(=O)CC(c1ccccc1)c1ccccc1. The van der Waals surface area contributed by atoms with Crippen molar-refractivity contribution in [2.75, 3.05) is 6.54 Å². The Morgan fingerprint density at radius 3 is 1.97 bits per heavy atom. The number of benzene rings is 3. The molecular formula is C29H33ClN2O2. The average molecular weight is 477 g/mol. The largest absolute Gasteiger partial charge is 0.354 e. The zero-order chi connectivity index (χ0) is 24.3. The van der Waals surface area contributed by atoms with Crippen LogP contribution in [0.2, 0.25) is 5.02 Å². The maximum atomic E-state index is 13.8. The van der Waals surface area contributed by atoms with E-state index < -0.39 is 6.04 Å². The second-order valence-electron chi connectivity index (χ2n) is 8.55. The van der Waals surface area contributed by atoms with Gasteiger partial charge in [0.2, 0.25) is 11.8 Å². The maximum absolute atomic E-state index is 13.8. The molecule has 0 spiro atoms. The van der Waals surface area contributed by atoms with Crippen molar-refractivity contribution in [3.63, 3.8) is 0 Å². The normalized spacial score (nSPS) is 11.8. The van der Waals surface area contributed by atoms with Gasteiger partial charge in [0, 0.05) is 30.5 Å². The minimum Gasteiger partial charge on any atom is -0.354 e.